The summed E-state index contributed by atoms with van der Waals surface area (Å²) in [5, 5.41) is 5.93. The lowest BCUT2D eigenvalue weighted by Gasteiger charge is -2.11. The van der Waals surface area contributed by atoms with Gasteiger partial charge in [0.05, 0.1) is 26.9 Å². The molecule has 0 aliphatic carbocycles. The molecular formula is C11H12N2O5. The van der Waals surface area contributed by atoms with E-state index < -0.39 is 5.76 Å². The van der Waals surface area contributed by atoms with Gasteiger partial charge in [-0.1, -0.05) is 0 Å². The van der Waals surface area contributed by atoms with Crippen LogP contribution in [-0.4, -0.2) is 31.5 Å². The third-order valence-electron chi connectivity index (χ3n) is 2.37. The van der Waals surface area contributed by atoms with Gasteiger partial charge in [0.15, 0.2) is 11.5 Å². The van der Waals surface area contributed by atoms with Crippen molar-refractivity contribution in [1.82, 2.24) is 10.2 Å². The zero-order chi connectivity index (χ0) is 13.1. The lowest BCUT2D eigenvalue weighted by Crippen LogP contribution is -1.95. The summed E-state index contributed by atoms with van der Waals surface area (Å²) in [6.45, 7) is 0. The molecule has 0 saturated heterocycles. The van der Waals surface area contributed by atoms with Gasteiger partial charge in [0.25, 0.3) is 5.89 Å². The first-order chi connectivity index (χ1) is 8.69. The Labute approximate surface area is 102 Å². The second kappa shape index (κ2) is 4.82. The van der Waals surface area contributed by atoms with E-state index in [4.69, 9.17) is 18.6 Å². The molecule has 0 aliphatic rings. The Morgan fingerprint density at radius 3 is 2.17 bits per heavy atom. The Morgan fingerprint density at radius 2 is 1.67 bits per heavy atom. The molecule has 0 unspecified atom stereocenters. The monoisotopic (exact) mass is 252 g/mol. The van der Waals surface area contributed by atoms with E-state index in [0.717, 1.165) is 0 Å². The standard InChI is InChI=1S/C11H12N2O5/c1-15-7-5-9(17-3)8(16-2)4-6(7)10-12-13-11(14)18-10/h4-5H,1-3H3,(H,13,14). The third kappa shape index (κ3) is 2.02. The van der Waals surface area contributed by atoms with E-state index in [9.17, 15) is 4.79 Å². The van der Waals surface area contributed by atoms with Crippen molar-refractivity contribution < 1.29 is 18.6 Å². The van der Waals surface area contributed by atoms with E-state index in [-0.39, 0.29) is 5.89 Å². The number of aromatic nitrogens is 2. The van der Waals surface area contributed by atoms with E-state index >= 15 is 0 Å². The summed E-state index contributed by atoms with van der Waals surface area (Å²) in [4.78, 5) is 11.0. The summed E-state index contributed by atoms with van der Waals surface area (Å²) in [6, 6.07) is 3.25. The highest BCUT2D eigenvalue weighted by Crippen LogP contribution is 2.38. The summed E-state index contributed by atoms with van der Waals surface area (Å²) in [5.74, 6) is 0.942. The number of nitrogens with one attached hydrogen (secondary N) is 1. The van der Waals surface area contributed by atoms with Gasteiger partial charge in [0.2, 0.25) is 0 Å². The zero-order valence-electron chi connectivity index (χ0n) is 10.1. The van der Waals surface area contributed by atoms with Crippen LogP contribution >= 0.6 is 0 Å². The van der Waals surface area contributed by atoms with Crippen molar-refractivity contribution in [2.24, 2.45) is 0 Å². The predicted octanol–water partition coefficient (Wildman–Crippen LogP) is 1.06. The van der Waals surface area contributed by atoms with Gasteiger partial charge in [0.1, 0.15) is 5.75 Å². The summed E-state index contributed by atoms with van der Waals surface area (Å²) in [7, 11) is 4.52. The van der Waals surface area contributed by atoms with Crippen LogP contribution in [0, 0.1) is 0 Å². The van der Waals surface area contributed by atoms with Crippen LogP contribution < -0.4 is 20.0 Å². The van der Waals surface area contributed by atoms with Crippen LogP contribution in [0.4, 0.5) is 0 Å². The summed E-state index contributed by atoms with van der Waals surface area (Å²) in [6.07, 6.45) is 0. The Kier molecular flexibility index (Phi) is 3.22. The highest BCUT2D eigenvalue weighted by atomic mass is 16.5. The number of rotatable bonds is 4. The second-order valence-corrected chi connectivity index (χ2v) is 3.33. The van der Waals surface area contributed by atoms with Crippen LogP contribution in [-0.2, 0) is 0 Å². The molecule has 2 rings (SSSR count). The van der Waals surface area contributed by atoms with Crippen LogP contribution in [0.15, 0.2) is 21.3 Å². The van der Waals surface area contributed by atoms with Gasteiger partial charge >= 0.3 is 5.76 Å². The number of hydrogen-bond donors (Lipinski definition) is 1. The van der Waals surface area contributed by atoms with E-state index in [2.05, 4.69) is 10.2 Å². The van der Waals surface area contributed by atoms with Crippen LogP contribution in [0.25, 0.3) is 11.5 Å². The highest BCUT2D eigenvalue weighted by Gasteiger charge is 2.17. The highest BCUT2D eigenvalue weighted by molar-refractivity contribution is 5.68. The fourth-order valence-electron chi connectivity index (χ4n) is 1.54. The average molecular weight is 252 g/mol. The largest absolute Gasteiger partial charge is 0.496 e. The van der Waals surface area contributed by atoms with Crippen LogP contribution in [0.5, 0.6) is 17.2 Å². The van der Waals surface area contributed by atoms with E-state index in [0.29, 0.717) is 22.8 Å². The van der Waals surface area contributed by atoms with Crippen LogP contribution in [0.1, 0.15) is 0 Å². The molecule has 2 aromatic rings. The van der Waals surface area contributed by atoms with Gasteiger partial charge in [-0.15, -0.1) is 5.10 Å². The quantitative estimate of drug-likeness (QED) is 0.875. The molecule has 18 heavy (non-hydrogen) atoms. The minimum atomic E-state index is -0.637. The number of H-pyrrole nitrogens is 1. The molecule has 0 aliphatic heterocycles. The Balaban J connectivity index is 2.62. The van der Waals surface area contributed by atoms with Crippen LogP contribution in [0.3, 0.4) is 0 Å². The molecule has 1 aromatic heterocycles. The molecule has 96 valence electrons. The minimum absolute atomic E-state index is 0.123. The summed E-state index contributed by atoms with van der Waals surface area (Å²) in [5.41, 5.74) is 0.494. The Morgan fingerprint density at radius 1 is 1.06 bits per heavy atom. The number of hydrogen-bond acceptors (Lipinski definition) is 6. The summed E-state index contributed by atoms with van der Waals surface area (Å²) < 4.78 is 20.4. The molecule has 0 radical (unpaired) electrons. The van der Waals surface area contributed by atoms with E-state index in [1.165, 1.54) is 21.3 Å². The Bertz CT molecular complexity index is 602. The van der Waals surface area contributed by atoms with Gasteiger partial charge < -0.3 is 18.6 Å². The molecule has 0 spiro atoms. The number of methoxy groups -OCH3 is 3. The van der Waals surface area contributed by atoms with Crippen molar-refractivity contribution in [2.45, 2.75) is 0 Å². The van der Waals surface area contributed by atoms with Crippen LogP contribution in [0.2, 0.25) is 0 Å². The normalized spacial score (nSPS) is 10.2. The van der Waals surface area contributed by atoms with E-state index in [1.54, 1.807) is 12.1 Å². The molecular weight excluding hydrogens is 240 g/mol. The number of ether oxygens (including phenoxy) is 3. The SMILES string of the molecule is COc1cc(OC)c(-c2n[nH]c(=O)o2)cc1OC. The molecule has 7 heteroatoms. The van der Waals surface area contributed by atoms with Crippen molar-refractivity contribution in [1.29, 1.82) is 0 Å². The second-order valence-electron chi connectivity index (χ2n) is 3.33. The van der Waals surface area contributed by atoms with Crippen molar-refractivity contribution >= 4 is 0 Å². The smallest absolute Gasteiger partial charge is 0.434 e. The van der Waals surface area contributed by atoms with Crippen molar-refractivity contribution in [3.63, 3.8) is 0 Å². The molecule has 0 bridgehead atoms. The summed E-state index contributed by atoms with van der Waals surface area (Å²) >= 11 is 0. The molecule has 1 heterocycles. The minimum Gasteiger partial charge on any atom is -0.496 e. The number of aromatic amines is 1. The van der Waals surface area contributed by atoms with Crippen molar-refractivity contribution in [3.05, 3.63) is 22.7 Å². The first-order valence-corrected chi connectivity index (χ1v) is 5.05. The van der Waals surface area contributed by atoms with Gasteiger partial charge in [-0.05, 0) is 0 Å². The zero-order valence-corrected chi connectivity index (χ0v) is 10.1. The van der Waals surface area contributed by atoms with E-state index in [1.807, 2.05) is 0 Å². The maximum atomic E-state index is 11.0. The van der Waals surface area contributed by atoms with Crippen molar-refractivity contribution in [3.8, 4) is 28.7 Å². The average Bonchev–Trinajstić information content (AvgIpc) is 2.83. The first kappa shape index (κ1) is 12.0. The lowest BCUT2D eigenvalue weighted by molar-refractivity contribution is 0.349. The molecule has 0 atom stereocenters. The molecule has 0 saturated carbocycles. The fraction of sp³-hybridized carbons (Fsp3) is 0.273. The van der Waals surface area contributed by atoms with Gasteiger partial charge in [0, 0.05) is 12.1 Å². The van der Waals surface area contributed by atoms with Gasteiger partial charge in [-0.25, -0.2) is 9.89 Å². The van der Waals surface area contributed by atoms with Crippen molar-refractivity contribution in [2.75, 3.05) is 21.3 Å². The molecule has 1 N–H and O–H groups in total. The topological polar surface area (TPSA) is 86.6 Å². The fourth-order valence-corrected chi connectivity index (χ4v) is 1.54. The maximum absolute atomic E-state index is 11.0. The molecule has 1 aromatic carbocycles. The number of nitrogens with zero attached hydrogens (tertiary/aromatic N) is 1. The lowest BCUT2D eigenvalue weighted by atomic mass is 10.1. The molecule has 0 amide bonds. The Hall–Kier alpha value is -2.44. The predicted molar refractivity (Wildman–Crippen MR) is 62.2 cm³/mol. The maximum Gasteiger partial charge on any atom is 0.434 e. The third-order valence-corrected chi connectivity index (χ3v) is 2.37. The molecule has 7 nitrogen and oxygen atoms in total. The first-order valence-electron chi connectivity index (χ1n) is 5.05. The molecule has 0 fully saturated rings. The van der Waals surface area contributed by atoms with Gasteiger partial charge in [-0.3, -0.25) is 0 Å². The van der Waals surface area contributed by atoms with Gasteiger partial charge in [-0.2, -0.15) is 0 Å². The number of benzene rings is 1.